The molecule has 0 spiro atoms. The summed E-state index contributed by atoms with van der Waals surface area (Å²) in [6.07, 6.45) is 2.39. The van der Waals surface area contributed by atoms with E-state index in [2.05, 4.69) is 54.6 Å². The summed E-state index contributed by atoms with van der Waals surface area (Å²) in [7, 11) is 2.11. The van der Waals surface area contributed by atoms with Crippen LogP contribution in [0.5, 0.6) is 0 Å². The SMILES string of the molecule is C=CC[C@](C)(O)[C@@H](C)N1CCN(C)c2ccccc21. The van der Waals surface area contributed by atoms with Gasteiger partial charge in [-0.15, -0.1) is 6.58 Å². The lowest BCUT2D eigenvalue weighted by molar-refractivity contribution is 0.0384. The lowest BCUT2D eigenvalue weighted by atomic mass is 9.91. The maximum Gasteiger partial charge on any atom is 0.0853 e. The van der Waals surface area contributed by atoms with Gasteiger partial charge in [0.05, 0.1) is 23.0 Å². The second kappa shape index (κ2) is 5.25. The molecule has 2 atom stereocenters. The molecule has 1 heterocycles. The van der Waals surface area contributed by atoms with Crippen LogP contribution in [-0.4, -0.2) is 36.9 Å². The van der Waals surface area contributed by atoms with Crippen molar-refractivity contribution < 1.29 is 5.11 Å². The summed E-state index contributed by atoms with van der Waals surface area (Å²) >= 11 is 0. The van der Waals surface area contributed by atoms with Crippen LogP contribution in [0.3, 0.4) is 0 Å². The lowest BCUT2D eigenvalue weighted by Gasteiger charge is -2.45. The van der Waals surface area contributed by atoms with Crippen LogP contribution in [0.25, 0.3) is 0 Å². The van der Waals surface area contributed by atoms with Crippen molar-refractivity contribution in [1.29, 1.82) is 0 Å². The van der Waals surface area contributed by atoms with Crippen molar-refractivity contribution in [2.45, 2.75) is 31.9 Å². The predicted octanol–water partition coefficient (Wildman–Crippen LogP) is 2.66. The Bertz CT molecular complexity index is 456. The molecule has 0 radical (unpaired) electrons. The smallest absolute Gasteiger partial charge is 0.0853 e. The van der Waals surface area contributed by atoms with Crippen LogP contribution < -0.4 is 9.80 Å². The maximum atomic E-state index is 10.6. The minimum atomic E-state index is -0.759. The van der Waals surface area contributed by atoms with Crippen molar-refractivity contribution in [3.8, 4) is 0 Å². The summed E-state index contributed by atoms with van der Waals surface area (Å²) < 4.78 is 0. The molecule has 0 bridgehead atoms. The Morgan fingerprint density at radius 2 is 2.00 bits per heavy atom. The molecule has 3 heteroatoms. The maximum absolute atomic E-state index is 10.6. The van der Waals surface area contributed by atoms with Crippen molar-refractivity contribution in [2.24, 2.45) is 0 Å². The number of hydrogen-bond acceptors (Lipinski definition) is 3. The molecule has 1 aliphatic heterocycles. The van der Waals surface area contributed by atoms with Gasteiger partial charge in [0.15, 0.2) is 0 Å². The minimum absolute atomic E-state index is 0.0559. The van der Waals surface area contributed by atoms with E-state index in [1.807, 2.05) is 6.92 Å². The fourth-order valence-corrected chi connectivity index (χ4v) is 2.73. The third-order valence-corrected chi connectivity index (χ3v) is 4.20. The van der Waals surface area contributed by atoms with Gasteiger partial charge in [-0.05, 0) is 32.4 Å². The third-order valence-electron chi connectivity index (χ3n) is 4.20. The molecule has 2 rings (SSSR count). The van der Waals surface area contributed by atoms with E-state index in [0.717, 1.165) is 13.1 Å². The highest BCUT2D eigenvalue weighted by atomic mass is 16.3. The summed E-state index contributed by atoms with van der Waals surface area (Å²) in [4.78, 5) is 4.57. The van der Waals surface area contributed by atoms with Gasteiger partial charge in [0.25, 0.3) is 0 Å². The molecule has 0 saturated heterocycles. The second-order valence-corrected chi connectivity index (χ2v) is 5.63. The Hall–Kier alpha value is -1.48. The minimum Gasteiger partial charge on any atom is -0.388 e. The van der Waals surface area contributed by atoms with Gasteiger partial charge < -0.3 is 14.9 Å². The monoisotopic (exact) mass is 260 g/mol. The van der Waals surface area contributed by atoms with Gasteiger partial charge in [0.2, 0.25) is 0 Å². The first-order chi connectivity index (χ1) is 8.97. The third kappa shape index (κ3) is 2.61. The topological polar surface area (TPSA) is 26.7 Å². The van der Waals surface area contributed by atoms with Gasteiger partial charge in [-0.3, -0.25) is 0 Å². The van der Waals surface area contributed by atoms with Crippen molar-refractivity contribution in [1.82, 2.24) is 0 Å². The number of benzene rings is 1. The number of fused-ring (bicyclic) bond motifs is 1. The molecule has 1 aromatic carbocycles. The van der Waals surface area contributed by atoms with Crippen LogP contribution in [0, 0.1) is 0 Å². The molecule has 1 N–H and O–H groups in total. The predicted molar refractivity (Wildman–Crippen MR) is 82.0 cm³/mol. The van der Waals surface area contributed by atoms with Gasteiger partial charge >= 0.3 is 0 Å². The van der Waals surface area contributed by atoms with E-state index in [4.69, 9.17) is 0 Å². The molecule has 0 saturated carbocycles. The number of aliphatic hydroxyl groups is 1. The molecule has 19 heavy (non-hydrogen) atoms. The van der Waals surface area contributed by atoms with E-state index < -0.39 is 5.60 Å². The van der Waals surface area contributed by atoms with E-state index in [9.17, 15) is 5.11 Å². The van der Waals surface area contributed by atoms with E-state index >= 15 is 0 Å². The van der Waals surface area contributed by atoms with Gasteiger partial charge in [0, 0.05) is 20.1 Å². The highest BCUT2D eigenvalue weighted by Crippen LogP contribution is 2.35. The van der Waals surface area contributed by atoms with Gasteiger partial charge in [-0.1, -0.05) is 18.2 Å². The Morgan fingerprint density at radius 1 is 1.37 bits per heavy atom. The van der Waals surface area contributed by atoms with Crippen molar-refractivity contribution in [2.75, 3.05) is 29.9 Å². The average molecular weight is 260 g/mol. The van der Waals surface area contributed by atoms with Gasteiger partial charge in [-0.2, -0.15) is 0 Å². The number of nitrogens with zero attached hydrogens (tertiary/aromatic N) is 2. The molecule has 104 valence electrons. The molecule has 3 nitrogen and oxygen atoms in total. The van der Waals surface area contributed by atoms with Crippen molar-refractivity contribution in [3.05, 3.63) is 36.9 Å². The fourth-order valence-electron chi connectivity index (χ4n) is 2.73. The standard InChI is InChI=1S/C16H24N2O/c1-5-10-16(3,19)13(2)18-12-11-17(4)14-8-6-7-9-15(14)18/h5-9,13,19H,1,10-12H2,2-4H3/t13-,16+/m1/s1. The molecule has 0 unspecified atom stereocenters. The summed E-state index contributed by atoms with van der Waals surface area (Å²) in [5.41, 5.74) is 1.67. The highest BCUT2D eigenvalue weighted by Gasteiger charge is 2.34. The van der Waals surface area contributed by atoms with Gasteiger partial charge in [-0.25, -0.2) is 0 Å². The summed E-state index contributed by atoms with van der Waals surface area (Å²) in [6.45, 7) is 9.63. The van der Waals surface area contributed by atoms with Crippen LogP contribution in [-0.2, 0) is 0 Å². The molecule has 0 fully saturated rings. The highest BCUT2D eigenvalue weighted by molar-refractivity contribution is 5.73. The number of rotatable bonds is 4. The zero-order chi connectivity index (χ0) is 14.0. The molecule has 0 aromatic heterocycles. The van der Waals surface area contributed by atoms with Crippen LogP contribution >= 0.6 is 0 Å². The first-order valence-electron chi connectivity index (χ1n) is 6.87. The molecular weight excluding hydrogens is 236 g/mol. The quantitative estimate of drug-likeness (QED) is 0.843. The summed E-state index contributed by atoms with van der Waals surface area (Å²) in [5, 5.41) is 10.6. The van der Waals surface area contributed by atoms with E-state index in [1.165, 1.54) is 11.4 Å². The Kier molecular flexibility index (Phi) is 3.85. The normalized spacial score (nSPS) is 19.6. The molecular formula is C16H24N2O. The van der Waals surface area contributed by atoms with E-state index in [-0.39, 0.29) is 6.04 Å². The number of hydrogen-bond donors (Lipinski definition) is 1. The zero-order valence-electron chi connectivity index (χ0n) is 12.1. The van der Waals surface area contributed by atoms with Crippen LogP contribution in [0.15, 0.2) is 36.9 Å². The fraction of sp³-hybridized carbons (Fsp3) is 0.500. The summed E-state index contributed by atoms with van der Waals surface area (Å²) in [5.74, 6) is 0. The largest absolute Gasteiger partial charge is 0.388 e. The van der Waals surface area contributed by atoms with Crippen LogP contribution in [0.4, 0.5) is 11.4 Å². The number of likely N-dealkylation sites (N-methyl/N-ethyl adjacent to an activating group) is 1. The van der Waals surface area contributed by atoms with Gasteiger partial charge in [0.1, 0.15) is 0 Å². The van der Waals surface area contributed by atoms with E-state index in [1.54, 1.807) is 6.08 Å². The second-order valence-electron chi connectivity index (χ2n) is 5.63. The Morgan fingerprint density at radius 3 is 2.63 bits per heavy atom. The Balaban J connectivity index is 2.32. The van der Waals surface area contributed by atoms with Crippen LogP contribution in [0.2, 0.25) is 0 Å². The molecule has 0 amide bonds. The zero-order valence-corrected chi connectivity index (χ0v) is 12.1. The van der Waals surface area contributed by atoms with Crippen molar-refractivity contribution >= 4 is 11.4 Å². The van der Waals surface area contributed by atoms with Crippen LogP contribution in [0.1, 0.15) is 20.3 Å². The van der Waals surface area contributed by atoms with Crippen molar-refractivity contribution in [3.63, 3.8) is 0 Å². The number of para-hydroxylation sites is 2. The molecule has 0 aliphatic carbocycles. The average Bonchev–Trinajstić information content (AvgIpc) is 2.39. The molecule has 1 aromatic rings. The Labute approximate surface area is 116 Å². The summed E-state index contributed by atoms with van der Waals surface area (Å²) in [6, 6.07) is 8.44. The first kappa shape index (κ1) is 13.9. The molecule has 1 aliphatic rings. The number of anilines is 2. The lowest BCUT2D eigenvalue weighted by Crippen LogP contribution is -2.53. The first-order valence-corrected chi connectivity index (χ1v) is 6.87. The van der Waals surface area contributed by atoms with E-state index in [0.29, 0.717) is 6.42 Å².